The van der Waals surface area contributed by atoms with Gasteiger partial charge in [-0.05, 0) is 6.92 Å². The zero-order valence-corrected chi connectivity index (χ0v) is 9.99. The fourth-order valence-corrected chi connectivity index (χ4v) is 1.26. The number of carbonyl (C=O) groups excluding carboxylic acids is 2. The van der Waals surface area contributed by atoms with Gasteiger partial charge in [-0.1, -0.05) is 11.6 Å². The number of carbonyl (C=O) groups is 2. The van der Waals surface area contributed by atoms with Crippen LogP contribution in [0.3, 0.4) is 0 Å². The lowest BCUT2D eigenvalue weighted by Crippen LogP contribution is -2.39. The number of rotatable bonds is 3. The predicted molar refractivity (Wildman–Crippen MR) is 59.9 cm³/mol. The number of methoxy groups -OCH3 is 1. The summed E-state index contributed by atoms with van der Waals surface area (Å²) in [6, 6.07) is 0.358. The molecule has 0 saturated heterocycles. The number of hydrogen-bond acceptors (Lipinski definition) is 5. The Kier molecular flexibility index (Phi) is 4.28. The molecule has 1 rings (SSSR count). The molecule has 7 heteroatoms. The first-order chi connectivity index (χ1) is 7.95. The molecule has 1 amide bonds. The van der Waals surface area contributed by atoms with Gasteiger partial charge in [-0.3, -0.25) is 4.79 Å². The fraction of sp³-hybridized carbons (Fsp3) is 0.300. The van der Waals surface area contributed by atoms with Crippen LogP contribution in [-0.4, -0.2) is 35.1 Å². The summed E-state index contributed by atoms with van der Waals surface area (Å²) in [6.45, 7) is 1.46. The molecule has 2 N–H and O–H groups in total. The number of amides is 1. The van der Waals surface area contributed by atoms with E-state index in [2.05, 4.69) is 15.0 Å². The Morgan fingerprint density at radius 3 is 2.76 bits per heavy atom. The van der Waals surface area contributed by atoms with Crippen LogP contribution in [0, 0.1) is 0 Å². The number of hydrogen-bond donors (Lipinski definition) is 2. The predicted octanol–water partition coefficient (Wildman–Crippen LogP) is 0.732. The van der Waals surface area contributed by atoms with Crippen LogP contribution in [0.15, 0.2) is 12.3 Å². The van der Waals surface area contributed by atoms with E-state index in [1.807, 2.05) is 0 Å². The maximum atomic E-state index is 11.6. The van der Waals surface area contributed by atoms with Gasteiger partial charge in [0.2, 0.25) is 0 Å². The van der Waals surface area contributed by atoms with Crippen molar-refractivity contribution in [2.45, 2.75) is 13.0 Å². The van der Waals surface area contributed by atoms with Gasteiger partial charge >= 0.3 is 5.97 Å². The first-order valence-electron chi connectivity index (χ1n) is 4.69. The average Bonchev–Trinajstić information content (AvgIpc) is 2.27. The van der Waals surface area contributed by atoms with Crippen molar-refractivity contribution in [1.29, 1.82) is 0 Å². The highest BCUT2D eigenvalue weighted by atomic mass is 35.5. The molecule has 1 unspecified atom stereocenters. The van der Waals surface area contributed by atoms with Crippen LogP contribution in [0.4, 0.5) is 0 Å². The largest absolute Gasteiger partial charge is 0.505 e. The third-order valence-electron chi connectivity index (χ3n) is 1.95. The number of aromatic hydroxyl groups is 1. The molecule has 6 nitrogen and oxygen atoms in total. The second-order valence-electron chi connectivity index (χ2n) is 3.24. The number of halogens is 1. The lowest BCUT2D eigenvalue weighted by Gasteiger charge is -2.11. The van der Waals surface area contributed by atoms with Gasteiger partial charge in [0, 0.05) is 12.3 Å². The maximum absolute atomic E-state index is 11.6. The molecular formula is C10H11ClN2O4. The quantitative estimate of drug-likeness (QED) is 0.781. The van der Waals surface area contributed by atoms with E-state index in [4.69, 9.17) is 11.6 Å². The number of aromatic nitrogens is 1. The highest BCUT2D eigenvalue weighted by Crippen LogP contribution is 2.19. The molecule has 0 spiro atoms. The second-order valence-corrected chi connectivity index (χ2v) is 3.68. The minimum atomic E-state index is -0.829. The number of esters is 1. The monoisotopic (exact) mass is 258 g/mol. The molecule has 1 heterocycles. The molecule has 0 radical (unpaired) electrons. The smallest absolute Gasteiger partial charge is 0.328 e. The summed E-state index contributed by atoms with van der Waals surface area (Å²) >= 11 is 5.57. The van der Waals surface area contributed by atoms with E-state index in [0.717, 1.165) is 0 Å². The van der Waals surface area contributed by atoms with Crippen LogP contribution in [0.5, 0.6) is 5.75 Å². The maximum Gasteiger partial charge on any atom is 0.328 e. The zero-order chi connectivity index (χ0) is 13.0. The van der Waals surface area contributed by atoms with Crippen molar-refractivity contribution < 1.29 is 19.4 Å². The zero-order valence-electron chi connectivity index (χ0n) is 9.23. The van der Waals surface area contributed by atoms with E-state index in [0.29, 0.717) is 0 Å². The molecule has 17 heavy (non-hydrogen) atoms. The fourth-order valence-electron chi connectivity index (χ4n) is 1.10. The van der Waals surface area contributed by atoms with Gasteiger partial charge in [0.1, 0.15) is 11.8 Å². The summed E-state index contributed by atoms with van der Waals surface area (Å²) in [5.41, 5.74) is -0.204. The number of ether oxygens (including phenoxy) is 1. The topological polar surface area (TPSA) is 88.5 Å². The van der Waals surface area contributed by atoms with Crippen LogP contribution in [0.25, 0.3) is 0 Å². The Bertz CT molecular complexity index is 450. The van der Waals surface area contributed by atoms with Gasteiger partial charge in [-0.25, -0.2) is 9.78 Å². The first-order valence-corrected chi connectivity index (χ1v) is 5.06. The van der Waals surface area contributed by atoms with E-state index in [1.165, 1.54) is 26.3 Å². The number of pyridine rings is 1. The van der Waals surface area contributed by atoms with Crippen molar-refractivity contribution >= 4 is 23.5 Å². The molecular weight excluding hydrogens is 248 g/mol. The minimum absolute atomic E-state index is 0.204. The molecule has 0 aliphatic heterocycles. The van der Waals surface area contributed by atoms with Crippen molar-refractivity contribution in [3.8, 4) is 5.75 Å². The second kappa shape index (κ2) is 5.49. The molecule has 0 aliphatic carbocycles. The van der Waals surface area contributed by atoms with E-state index in [9.17, 15) is 14.7 Å². The first kappa shape index (κ1) is 13.2. The van der Waals surface area contributed by atoms with E-state index in [-0.39, 0.29) is 16.5 Å². The molecule has 0 aliphatic rings. The third kappa shape index (κ3) is 3.32. The normalized spacial score (nSPS) is 11.7. The Hall–Kier alpha value is -1.82. The van der Waals surface area contributed by atoms with Crippen molar-refractivity contribution in [1.82, 2.24) is 10.3 Å². The van der Waals surface area contributed by atoms with Crippen molar-refractivity contribution in [2.75, 3.05) is 7.11 Å². The van der Waals surface area contributed by atoms with E-state index in [1.54, 1.807) is 0 Å². The molecule has 92 valence electrons. The van der Waals surface area contributed by atoms with E-state index < -0.39 is 17.9 Å². The Morgan fingerprint density at radius 2 is 2.24 bits per heavy atom. The van der Waals surface area contributed by atoms with Crippen LogP contribution < -0.4 is 5.32 Å². The summed E-state index contributed by atoms with van der Waals surface area (Å²) in [5, 5.41) is 12.0. The van der Waals surface area contributed by atoms with Crippen LogP contribution in [-0.2, 0) is 9.53 Å². The van der Waals surface area contributed by atoms with Crippen molar-refractivity contribution in [3.05, 3.63) is 23.0 Å². The summed E-state index contributed by atoms with van der Waals surface area (Å²) in [5.74, 6) is -1.63. The summed E-state index contributed by atoms with van der Waals surface area (Å²) in [7, 11) is 1.21. The lowest BCUT2D eigenvalue weighted by molar-refractivity contribution is -0.142. The highest BCUT2D eigenvalue weighted by Gasteiger charge is 2.20. The summed E-state index contributed by atoms with van der Waals surface area (Å²) in [6.07, 6.45) is 1.22. The SMILES string of the molecule is COC(=O)C(C)NC(=O)c1ncc(Cl)cc1O. The van der Waals surface area contributed by atoms with Gasteiger partial charge < -0.3 is 15.2 Å². The van der Waals surface area contributed by atoms with Crippen LogP contribution >= 0.6 is 11.6 Å². The molecule has 0 aromatic carbocycles. The Balaban J connectivity index is 2.80. The third-order valence-corrected chi connectivity index (χ3v) is 2.16. The standard InChI is InChI=1S/C10H11ClN2O4/c1-5(10(16)17-2)13-9(15)8-7(14)3-6(11)4-12-8/h3-5,14H,1-2H3,(H,13,15). The van der Waals surface area contributed by atoms with Gasteiger partial charge in [-0.15, -0.1) is 0 Å². The molecule has 0 fully saturated rings. The van der Waals surface area contributed by atoms with Crippen LogP contribution in [0.1, 0.15) is 17.4 Å². The average molecular weight is 259 g/mol. The van der Waals surface area contributed by atoms with Gasteiger partial charge in [0.15, 0.2) is 5.69 Å². The van der Waals surface area contributed by atoms with Gasteiger partial charge in [0.25, 0.3) is 5.91 Å². The van der Waals surface area contributed by atoms with Crippen molar-refractivity contribution in [3.63, 3.8) is 0 Å². The summed E-state index contributed by atoms with van der Waals surface area (Å²) < 4.78 is 4.44. The summed E-state index contributed by atoms with van der Waals surface area (Å²) in [4.78, 5) is 26.4. The molecule has 1 aromatic rings. The van der Waals surface area contributed by atoms with Gasteiger partial charge in [0.05, 0.1) is 12.1 Å². The molecule has 1 atom stereocenters. The van der Waals surface area contributed by atoms with Gasteiger partial charge in [-0.2, -0.15) is 0 Å². The highest BCUT2D eigenvalue weighted by molar-refractivity contribution is 6.30. The van der Waals surface area contributed by atoms with E-state index >= 15 is 0 Å². The van der Waals surface area contributed by atoms with Crippen molar-refractivity contribution in [2.24, 2.45) is 0 Å². The number of nitrogens with one attached hydrogen (secondary N) is 1. The molecule has 1 aromatic heterocycles. The molecule has 0 saturated carbocycles. The lowest BCUT2D eigenvalue weighted by atomic mass is 10.2. The Morgan fingerprint density at radius 1 is 1.59 bits per heavy atom. The minimum Gasteiger partial charge on any atom is -0.505 e. The Labute approximate surface area is 103 Å². The molecule has 0 bridgehead atoms. The van der Waals surface area contributed by atoms with Crippen LogP contribution in [0.2, 0.25) is 5.02 Å². The number of nitrogens with zero attached hydrogens (tertiary/aromatic N) is 1.